The van der Waals surface area contributed by atoms with Gasteiger partial charge in [0.05, 0.1) is 0 Å². The SMILES string of the molecule is N[C@@H]1CN(C(=O)C2CCCCC2)C[C@H]1c1ccccc1. The fourth-order valence-electron chi connectivity index (χ4n) is 3.67. The molecule has 2 aliphatic rings. The van der Waals surface area contributed by atoms with E-state index in [1.165, 1.54) is 24.8 Å². The molecule has 2 atom stereocenters. The van der Waals surface area contributed by atoms with Gasteiger partial charge in [-0.2, -0.15) is 0 Å². The Labute approximate surface area is 121 Å². The summed E-state index contributed by atoms with van der Waals surface area (Å²) in [6, 6.07) is 10.4. The zero-order valence-corrected chi connectivity index (χ0v) is 12.0. The average Bonchev–Trinajstić information content (AvgIpc) is 2.90. The highest BCUT2D eigenvalue weighted by atomic mass is 16.2. The molecule has 20 heavy (non-hydrogen) atoms. The van der Waals surface area contributed by atoms with Gasteiger partial charge in [-0.15, -0.1) is 0 Å². The largest absolute Gasteiger partial charge is 0.340 e. The van der Waals surface area contributed by atoms with Crippen LogP contribution in [0.25, 0.3) is 0 Å². The number of rotatable bonds is 2. The van der Waals surface area contributed by atoms with Crippen molar-refractivity contribution in [1.29, 1.82) is 0 Å². The number of hydrogen-bond acceptors (Lipinski definition) is 2. The van der Waals surface area contributed by atoms with Crippen molar-refractivity contribution in [3.8, 4) is 0 Å². The average molecular weight is 272 g/mol. The Bertz CT molecular complexity index is 453. The lowest BCUT2D eigenvalue weighted by molar-refractivity contribution is -0.135. The maximum Gasteiger partial charge on any atom is 0.225 e. The molecule has 3 heteroatoms. The lowest BCUT2D eigenvalue weighted by atomic mass is 9.88. The number of likely N-dealkylation sites (tertiary alicyclic amines) is 1. The molecule has 1 heterocycles. The fourth-order valence-corrected chi connectivity index (χ4v) is 3.67. The minimum atomic E-state index is 0.0740. The molecule has 0 spiro atoms. The smallest absolute Gasteiger partial charge is 0.225 e. The first kappa shape index (κ1) is 13.6. The summed E-state index contributed by atoms with van der Waals surface area (Å²) in [4.78, 5) is 14.6. The molecule has 0 unspecified atom stereocenters. The Morgan fingerprint density at radius 3 is 2.45 bits per heavy atom. The zero-order valence-electron chi connectivity index (χ0n) is 12.0. The van der Waals surface area contributed by atoms with E-state index in [-0.39, 0.29) is 12.0 Å². The van der Waals surface area contributed by atoms with Crippen molar-refractivity contribution in [2.45, 2.75) is 44.1 Å². The van der Waals surface area contributed by atoms with Crippen LogP contribution in [-0.4, -0.2) is 29.9 Å². The number of hydrogen-bond donors (Lipinski definition) is 1. The molecule has 2 fully saturated rings. The molecule has 1 aliphatic carbocycles. The van der Waals surface area contributed by atoms with E-state index in [0.29, 0.717) is 11.8 Å². The van der Waals surface area contributed by atoms with Crippen molar-refractivity contribution in [3.05, 3.63) is 35.9 Å². The summed E-state index contributed by atoms with van der Waals surface area (Å²) >= 11 is 0. The van der Waals surface area contributed by atoms with E-state index in [1.54, 1.807) is 0 Å². The molecule has 1 aliphatic heterocycles. The summed E-state index contributed by atoms with van der Waals surface area (Å²) in [6.45, 7) is 1.51. The summed E-state index contributed by atoms with van der Waals surface area (Å²) in [7, 11) is 0. The van der Waals surface area contributed by atoms with Crippen molar-refractivity contribution < 1.29 is 4.79 Å². The van der Waals surface area contributed by atoms with Gasteiger partial charge in [-0.3, -0.25) is 4.79 Å². The quantitative estimate of drug-likeness (QED) is 0.899. The number of amides is 1. The van der Waals surface area contributed by atoms with Gasteiger partial charge < -0.3 is 10.6 Å². The number of carbonyl (C=O) groups is 1. The van der Waals surface area contributed by atoms with Crippen LogP contribution in [0.5, 0.6) is 0 Å². The van der Waals surface area contributed by atoms with Gasteiger partial charge in [-0.25, -0.2) is 0 Å². The van der Waals surface area contributed by atoms with Crippen molar-refractivity contribution >= 4 is 5.91 Å². The Hall–Kier alpha value is -1.35. The molecule has 2 N–H and O–H groups in total. The van der Waals surface area contributed by atoms with Gasteiger partial charge in [0, 0.05) is 31.0 Å². The summed E-state index contributed by atoms with van der Waals surface area (Å²) in [5.41, 5.74) is 7.54. The second-order valence-electron chi connectivity index (χ2n) is 6.26. The minimum absolute atomic E-state index is 0.0740. The molecule has 1 saturated carbocycles. The number of benzene rings is 1. The molecule has 108 valence electrons. The molecule has 3 rings (SSSR count). The zero-order chi connectivity index (χ0) is 13.9. The van der Waals surface area contributed by atoms with Crippen LogP contribution in [0.3, 0.4) is 0 Å². The standard InChI is InChI=1S/C17H24N2O/c18-16-12-19(17(20)14-9-5-2-6-10-14)11-15(16)13-7-3-1-4-8-13/h1,3-4,7-8,14-16H,2,5-6,9-12,18H2/t15-,16+/m0/s1. The molecular weight excluding hydrogens is 248 g/mol. The Morgan fingerprint density at radius 1 is 1.05 bits per heavy atom. The molecule has 1 amide bonds. The molecule has 0 radical (unpaired) electrons. The van der Waals surface area contributed by atoms with Crippen molar-refractivity contribution in [3.63, 3.8) is 0 Å². The highest BCUT2D eigenvalue weighted by molar-refractivity contribution is 5.79. The van der Waals surface area contributed by atoms with Crippen LogP contribution < -0.4 is 5.73 Å². The highest BCUT2D eigenvalue weighted by Crippen LogP contribution is 2.31. The molecule has 1 aromatic rings. The molecule has 3 nitrogen and oxygen atoms in total. The van der Waals surface area contributed by atoms with Crippen molar-refractivity contribution in [2.24, 2.45) is 11.7 Å². The van der Waals surface area contributed by atoms with Crippen LogP contribution in [0, 0.1) is 5.92 Å². The Kier molecular flexibility index (Phi) is 4.06. The topological polar surface area (TPSA) is 46.3 Å². The number of carbonyl (C=O) groups excluding carboxylic acids is 1. The van der Waals surface area contributed by atoms with Crippen LogP contribution in [0.1, 0.15) is 43.6 Å². The molecule has 0 bridgehead atoms. The van der Waals surface area contributed by atoms with Gasteiger partial charge >= 0.3 is 0 Å². The van der Waals surface area contributed by atoms with Crippen LogP contribution in [0.2, 0.25) is 0 Å². The van der Waals surface area contributed by atoms with Gasteiger partial charge in [0.1, 0.15) is 0 Å². The number of nitrogens with two attached hydrogens (primary N) is 1. The van der Waals surface area contributed by atoms with Gasteiger partial charge in [0.2, 0.25) is 5.91 Å². The van der Waals surface area contributed by atoms with E-state index in [2.05, 4.69) is 12.1 Å². The van der Waals surface area contributed by atoms with E-state index in [4.69, 9.17) is 5.73 Å². The third-order valence-corrected chi connectivity index (χ3v) is 4.86. The predicted molar refractivity (Wildman–Crippen MR) is 80.3 cm³/mol. The Balaban J connectivity index is 1.67. The minimum Gasteiger partial charge on any atom is -0.340 e. The molecule has 1 saturated heterocycles. The lowest BCUT2D eigenvalue weighted by Crippen LogP contribution is -2.37. The lowest BCUT2D eigenvalue weighted by Gasteiger charge is -2.26. The number of nitrogens with zero attached hydrogens (tertiary/aromatic N) is 1. The van der Waals surface area contributed by atoms with Crippen LogP contribution in [-0.2, 0) is 4.79 Å². The van der Waals surface area contributed by atoms with Gasteiger partial charge in [0.15, 0.2) is 0 Å². The summed E-state index contributed by atoms with van der Waals surface area (Å²) < 4.78 is 0. The first-order valence-corrected chi connectivity index (χ1v) is 7.85. The van der Waals surface area contributed by atoms with Gasteiger partial charge in [0.25, 0.3) is 0 Å². The summed E-state index contributed by atoms with van der Waals surface area (Å²) in [5, 5.41) is 0. The van der Waals surface area contributed by atoms with Crippen molar-refractivity contribution in [2.75, 3.05) is 13.1 Å². The maximum atomic E-state index is 12.6. The predicted octanol–water partition coefficient (Wildman–Crippen LogP) is 2.52. The third-order valence-electron chi connectivity index (χ3n) is 4.86. The maximum absolute atomic E-state index is 12.6. The fraction of sp³-hybridized carbons (Fsp3) is 0.588. The second kappa shape index (κ2) is 5.96. The van der Waals surface area contributed by atoms with E-state index < -0.39 is 0 Å². The highest BCUT2D eigenvalue weighted by Gasteiger charge is 2.36. The van der Waals surface area contributed by atoms with E-state index >= 15 is 0 Å². The van der Waals surface area contributed by atoms with E-state index in [9.17, 15) is 4.79 Å². The Morgan fingerprint density at radius 2 is 1.75 bits per heavy atom. The summed E-state index contributed by atoms with van der Waals surface area (Å²) in [5.74, 6) is 0.896. The van der Waals surface area contributed by atoms with Crippen molar-refractivity contribution in [1.82, 2.24) is 4.90 Å². The normalized spacial score (nSPS) is 27.8. The van der Waals surface area contributed by atoms with E-state index in [1.807, 2.05) is 23.1 Å². The second-order valence-corrected chi connectivity index (χ2v) is 6.26. The molecule has 0 aromatic heterocycles. The van der Waals surface area contributed by atoms with Crippen LogP contribution >= 0.6 is 0 Å². The van der Waals surface area contributed by atoms with E-state index in [0.717, 1.165) is 25.9 Å². The third kappa shape index (κ3) is 2.73. The summed E-state index contributed by atoms with van der Waals surface area (Å²) in [6.07, 6.45) is 5.84. The molecular formula is C17H24N2O. The molecule has 1 aromatic carbocycles. The van der Waals surface area contributed by atoms with Gasteiger partial charge in [-0.05, 0) is 18.4 Å². The first-order valence-electron chi connectivity index (χ1n) is 7.85. The van der Waals surface area contributed by atoms with Crippen LogP contribution in [0.15, 0.2) is 30.3 Å². The van der Waals surface area contributed by atoms with Gasteiger partial charge in [-0.1, -0.05) is 49.6 Å². The monoisotopic (exact) mass is 272 g/mol. The first-order chi connectivity index (χ1) is 9.75. The van der Waals surface area contributed by atoms with Crippen LogP contribution in [0.4, 0.5) is 0 Å².